The average Bonchev–Trinajstić information content (AvgIpc) is 2.62. The van der Waals surface area contributed by atoms with Crippen molar-refractivity contribution in [3.05, 3.63) is 47.2 Å². The maximum Gasteiger partial charge on any atom is 0.226 e. The summed E-state index contributed by atoms with van der Waals surface area (Å²) in [6.45, 7) is 6.77. The van der Waals surface area contributed by atoms with Crippen LogP contribution in [0.2, 0.25) is 0 Å². The Kier molecular flexibility index (Phi) is 5.00. The molecule has 0 saturated carbocycles. The van der Waals surface area contributed by atoms with E-state index in [9.17, 15) is 5.11 Å². The molecule has 1 saturated heterocycles. The van der Waals surface area contributed by atoms with Crippen molar-refractivity contribution in [3.8, 4) is 5.75 Å². The smallest absolute Gasteiger partial charge is 0.226 e. The molecule has 1 aromatic carbocycles. The van der Waals surface area contributed by atoms with Crippen LogP contribution in [0.4, 0.5) is 11.8 Å². The summed E-state index contributed by atoms with van der Waals surface area (Å²) in [5.74, 6) is 1.34. The number of nitrogens with zero attached hydrogens (tertiary/aromatic N) is 4. The molecule has 0 spiro atoms. The molecule has 7 heteroatoms. The Morgan fingerprint density at radius 3 is 2.68 bits per heavy atom. The topological polar surface area (TPSA) is 100 Å². The molecule has 1 aliphatic heterocycles. The number of phenolic OH excluding ortho intramolecular Hbond substituents is 1. The predicted octanol–water partition coefficient (Wildman–Crippen LogP) is 3.01. The first-order valence-electron chi connectivity index (χ1n) is 9.66. The van der Waals surface area contributed by atoms with Crippen molar-refractivity contribution >= 4 is 22.8 Å². The molecule has 146 valence electrons. The maximum absolute atomic E-state index is 9.62. The summed E-state index contributed by atoms with van der Waals surface area (Å²) in [5, 5.41) is 13.9. The lowest BCUT2D eigenvalue weighted by atomic mass is 10.0. The van der Waals surface area contributed by atoms with E-state index in [0.29, 0.717) is 29.2 Å². The number of fused-ring (bicyclic) bond motifs is 1. The molecule has 28 heavy (non-hydrogen) atoms. The number of nitrogens with two attached hydrogens (primary N) is 1. The van der Waals surface area contributed by atoms with Gasteiger partial charge in [-0.05, 0) is 56.0 Å². The molecule has 2 aromatic heterocycles. The van der Waals surface area contributed by atoms with Crippen molar-refractivity contribution in [3.63, 3.8) is 0 Å². The lowest BCUT2D eigenvalue weighted by molar-refractivity contribution is 0.211. The molecular weight excluding hydrogens is 352 g/mol. The van der Waals surface area contributed by atoms with Crippen LogP contribution in [0.25, 0.3) is 11.0 Å². The summed E-state index contributed by atoms with van der Waals surface area (Å²) in [6.07, 6.45) is 2.00. The largest absolute Gasteiger partial charge is 0.508 e. The number of aromatic nitrogens is 3. The third-order valence-electron chi connectivity index (χ3n) is 5.26. The molecule has 4 N–H and O–H groups in total. The molecule has 0 unspecified atom stereocenters. The predicted molar refractivity (Wildman–Crippen MR) is 111 cm³/mol. The zero-order valence-corrected chi connectivity index (χ0v) is 16.3. The van der Waals surface area contributed by atoms with Crippen molar-refractivity contribution in [1.29, 1.82) is 0 Å². The second-order valence-electron chi connectivity index (χ2n) is 7.58. The molecule has 0 bridgehead atoms. The highest BCUT2D eigenvalue weighted by Crippen LogP contribution is 2.24. The van der Waals surface area contributed by atoms with E-state index in [0.717, 1.165) is 54.7 Å². The molecular formula is C21H26N6O. The average molecular weight is 378 g/mol. The highest BCUT2D eigenvalue weighted by Gasteiger charge is 2.20. The summed E-state index contributed by atoms with van der Waals surface area (Å²) in [4.78, 5) is 16.0. The molecule has 7 nitrogen and oxygen atoms in total. The number of benzene rings is 1. The summed E-state index contributed by atoms with van der Waals surface area (Å²) < 4.78 is 0. The van der Waals surface area contributed by atoms with Crippen LogP contribution in [0.15, 0.2) is 30.3 Å². The molecule has 0 radical (unpaired) electrons. The van der Waals surface area contributed by atoms with E-state index in [1.54, 1.807) is 6.07 Å². The zero-order chi connectivity index (χ0) is 19.7. The van der Waals surface area contributed by atoms with Crippen molar-refractivity contribution < 1.29 is 5.11 Å². The quantitative estimate of drug-likeness (QED) is 0.641. The number of likely N-dealkylation sites (tertiary alicyclic amines) is 1. The number of aromatic hydroxyl groups is 1. The second-order valence-corrected chi connectivity index (χ2v) is 7.58. The van der Waals surface area contributed by atoms with E-state index in [2.05, 4.69) is 25.2 Å². The minimum atomic E-state index is 0.309. The van der Waals surface area contributed by atoms with Crippen LogP contribution in [-0.2, 0) is 6.54 Å². The molecule has 4 rings (SSSR count). The van der Waals surface area contributed by atoms with Crippen LogP contribution in [0, 0.1) is 13.8 Å². The molecule has 3 heterocycles. The lowest BCUT2D eigenvalue weighted by Gasteiger charge is -2.32. The third-order valence-corrected chi connectivity index (χ3v) is 5.26. The summed E-state index contributed by atoms with van der Waals surface area (Å²) in [7, 11) is 0. The van der Waals surface area contributed by atoms with Crippen molar-refractivity contribution in [1.82, 2.24) is 19.9 Å². The first kappa shape index (κ1) is 18.4. The van der Waals surface area contributed by atoms with Crippen LogP contribution >= 0.6 is 0 Å². The van der Waals surface area contributed by atoms with Gasteiger partial charge in [-0.1, -0.05) is 12.1 Å². The van der Waals surface area contributed by atoms with E-state index < -0.39 is 0 Å². The fourth-order valence-corrected chi connectivity index (χ4v) is 3.91. The van der Waals surface area contributed by atoms with E-state index in [1.165, 1.54) is 0 Å². The third kappa shape index (κ3) is 3.99. The number of phenols is 1. The van der Waals surface area contributed by atoms with Gasteiger partial charge >= 0.3 is 0 Å². The van der Waals surface area contributed by atoms with Crippen molar-refractivity contribution in [2.24, 2.45) is 0 Å². The number of pyridine rings is 1. The summed E-state index contributed by atoms with van der Waals surface area (Å²) >= 11 is 0. The van der Waals surface area contributed by atoms with Gasteiger partial charge in [-0.15, -0.1) is 0 Å². The number of anilines is 2. The number of nitrogen functional groups attached to an aromatic ring is 1. The number of rotatable bonds is 4. The lowest BCUT2D eigenvalue weighted by Crippen LogP contribution is -2.39. The Morgan fingerprint density at radius 2 is 1.93 bits per heavy atom. The molecule has 0 aliphatic carbocycles. The fraction of sp³-hybridized carbons (Fsp3) is 0.381. The summed E-state index contributed by atoms with van der Waals surface area (Å²) in [5.41, 5.74) is 9.93. The van der Waals surface area contributed by atoms with Crippen LogP contribution < -0.4 is 11.1 Å². The van der Waals surface area contributed by atoms with Crippen molar-refractivity contribution in [2.75, 3.05) is 24.1 Å². The minimum Gasteiger partial charge on any atom is -0.508 e. The van der Waals surface area contributed by atoms with Crippen LogP contribution in [0.3, 0.4) is 0 Å². The van der Waals surface area contributed by atoms with Gasteiger partial charge in [0.15, 0.2) is 5.65 Å². The zero-order valence-electron chi connectivity index (χ0n) is 16.3. The van der Waals surface area contributed by atoms with Crippen LogP contribution in [0.5, 0.6) is 5.75 Å². The van der Waals surface area contributed by atoms with E-state index in [1.807, 2.05) is 38.1 Å². The van der Waals surface area contributed by atoms with Gasteiger partial charge in [-0.3, -0.25) is 4.90 Å². The van der Waals surface area contributed by atoms with Gasteiger partial charge in [0.05, 0.1) is 5.39 Å². The van der Waals surface area contributed by atoms with Gasteiger partial charge in [0, 0.05) is 31.4 Å². The van der Waals surface area contributed by atoms with Crippen LogP contribution in [-0.4, -0.2) is 44.1 Å². The number of piperidine rings is 1. The Labute approximate surface area is 164 Å². The molecule has 1 aliphatic rings. The van der Waals surface area contributed by atoms with Gasteiger partial charge in [-0.25, -0.2) is 4.98 Å². The Morgan fingerprint density at radius 1 is 1.14 bits per heavy atom. The van der Waals surface area contributed by atoms with E-state index >= 15 is 0 Å². The Bertz CT molecular complexity index is 998. The maximum atomic E-state index is 9.62. The van der Waals surface area contributed by atoms with Crippen molar-refractivity contribution in [2.45, 2.75) is 39.3 Å². The van der Waals surface area contributed by atoms with Gasteiger partial charge < -0.3 is 16.2 Å². The second kappa shape index (κ2) is 7.59. The molecule has 3 aromatic rings. The number of aryl methyl sites for hydroxylation is 2. The van der Waals surface area contributed by atoms with Gasteiger partial charge in [0.25, 0.3) is 0 Å². The van der Waals surface area contributed by atoms with Crippen LogP contribution in [0.1, 0.15) is 29.7 Å². The van der Waals surface area contributed by atoms with Gasteiger partial charge in [0.2, 0.25) is 5.95 Å². The molecule has 0 amide bonds. The first-order valence-corrected chi connectivity index (χ1v) is 9.66. The monoisotopic (exact) mass is 378 g/mol. The number of hydrogen-bond donors (Lipinski definition) is 3. The normalized spacial score (nSPS) is 15.8. The fourth-order valence-electron chi connectivity index (χ4n) is 3.91. The van der Waals surface area contributed by atoms with E-state index in [-0.39, 0.29) is 0 Å². The Hall–Kier alpha value is -2.93. The SMILES string of the molecule is Cc1cc(C)c2c(N)nc(NC3CCN(Cc4cccc(O)c4)CC3)nc2n1. The molecule has 1 fully saturated rings. The summed E-state index contributed by atoms with van der Waals surface area (Å²) in [6, 6.07) is 9.77. The highest BCUT2D eigenvalue weighted by atomic mass is 16.3. The minimum absolute atomic E-state index is 0.309. The number of nitrogens with one attached hydrogen (secondary N) is 1. The van der Waals surface area contributed by atoms with Gasteiger partial charge in [-0.2, -0.15) is 9.97 Å². The molecule has 0 atom stereocenters. The first-order chi connectivity index (χ1) is 13.5. The highest BCUT2D eigenvalue weighted by molar-refractivity contribution is 5.89. The van der Waals surface area contributed by atoms with E-state index in [4.69, 9.17) is 5.73 Å². The van der Waals surface area contributed by atoms with Gasteiger partial charge in [0.1, 0.15) is 11.6 Å². The standard InChI is InChI=1S/C21H26N6O/c1-13-10-14(2)23-20-18(13)19(22)25-21(26-20)24-16-6-8-27(9-7-16)12-15-4-3-5-17(28)11-15/h3-5,10-11,16,28H,6-9,12H2,1-2H3,(H3,22,23,24,25,26). The number of hydrogen-bond acceptors (Lipinski definition) is 7. The Balaban J connectivity index is 1.41.